The van der Waals surface area contributed by atoms with Crippen LogP contribution in [0.5, 0.6) is 0 Å². The molecule has 16 heavy (non-hydrogen) atoms. The number of thiophene rings is 1. The summed E-state index contributed by atoms with van der Waals surface area (Å²) < 4.78 is 0.759. The van der Waals surface area contributed by atoms with E-state index in [-0.39, 0.29) is 18.0 Å². The number of halogens is 1. The predicted octanol–water partition coefficient (Wildman–Crippen LogP) is 2.33. The van der Waals surface area contributed by atoms with Gasteiger partial charge in [-0.1, -0.05) is 11.6 Å². The summed E-state index contributed by atoms with van der Waals surface area (Å²) in [5.41, 5.74) is 0. The Balaban J connectivity index is 1.91. The lowest BCUT2D eigenvalue weighted by molar-refractivity contribution is -0.123. The molecule has 0 bridgehead atoms. The summed E-state index contributed by atoms with van der Waals surface area (Å²) >= 11 is 7.37. The van der Waals surface area contributed by atoms with Gasteiger partial charge in [0.2, 0.25) is 5.91 Å². The molecule has 2 N–H and O–H groups in total. The van der Waals surface area contributed by atoms with Crippen molar-refractivity contribution in [2.75, 3.05) is 6.54 Å². The van der Waals surface area contributed by atoms with Crippen molar-refractivity contribution in [1.29, 1.82) is 0 Å². The Labute approximate surface area is 104 Å². The Morgan fingerprint density at radius 3 is 3.06 bits per heavy atom. The second-order valence-corrected chi connectivity index (χ2v) is 5.77. The maximum atomic E-state index is 11.8. The SMILES string of the molecule is CC(NC(=O)[C@H]1CCCN1)c1ccc(Cl)s1. The van der Waals surface area contributed by atoms with Crippen LogP contribution in [0.4, 0.5) is 0 Å². The molecular weight excluding hydrogens is 244 g/mol. The molecule has 3 nitrogen and oxygen atoms in total. The van der Waals surface area contributed by atoms with Crippen molar-refractivity contribution in [2.45, 2.75) is 31.8 Å². The van der Waals surface area contributed by atoms with E-state index >= 15 is 0 Å². The summed E-state index contributed by atoms with van der Waals surface area (Å²) in [4.78, 5) is 12.9. The molecule has 5 heteroatoms. The fourth-order valence-corrected chi connectivity index (χ4v) is 2.92. The maximum absolute atomic E-state index is 11.8. The number of carbonyl (C=O) groups excluding carboxylic acids is 1. The van der Waals surface area contributed by atoms with Crippen LogP contribution in [0.25, 0.3) is 0 Å². The van der Waals surface area contributed by atoms with Crippen LogP contribution in [-0.2, 0) is 4.79 Å². The highest BCUT2D eigenvalue weighted by Gasteiger charge is 2.23. The zero-order chi connectivity index (χ0) is 11.5. The van der Waals surface area contributed by atoms with Crippen LogP contribution in [0.3, 0.4) is 0 Å². The van der Waals surface area contributed by atoms with Gasteiger partial charge < -0.3 is 10.6 Å². The molecule has 0 aliphatic carbocycles. The van der Waals surface area contributed by atoms with Gasteiger partial charge in [0.05, 0.1) is 16.4 Å². The lowest BCUT2D eigenvalue weighted by atomic mass is 10.2. The molecular formula is C11H15ClN2OS. The first-order chi connectivity index (χ1) is 7.66. The largest absolute Gasteiger partial charge is 0.347 e. The first-order valence-electron chi connectivity index (χ1n) is 5.46. The highest BCUT2D eigenvalue weighted by Crippen LogP contribution is 2.26. The van der Waals surface area contributed by atoms with Gasteiger partial charge in [-0.15, -0.1) is 11.3 Å². The summed E-state index contributed by atoms with van der Waals surface area (Å²) in [5, 5.41) is 6.19. The Hall–Kier alpha value is -0.580. The topological polar surface area (TPSA) is 41.1 Å². The number of hydrogen-bond acceptors (Lipinski definition) is 3. The molecule has 1 amide bonds. The number of nitrogens with one attached hydrogen (secondary N) is 2. The first kappa shape index (κ1) is 11.9. The van der Waals surface area contributed by atoms with Crippen molar-refractivity contribution in [3.8, 4) is 0 Å². The van der Waals surface area contributed by atoms with E-state index < -0.39 is 0 Å². The van der Waals surface area contributed by atoms with Crippen LogP contribution in [0, 0.1) is 0 Å². The maximum Gasteiger partial charge on any atom is 0.237 e. The van der Waals surface area contributed by atoms with Gasteiger partial charge in [0.15, 0.2) is 0 Å². The fourth-order valence-electron chi connectivity index (χ4n) is 1.85. The number of hydrogen-bond donors (Lipinski definition) is 2. The lowest BCUT2D eigenvalue weighted by Gasteiger charge is -2.15. The van der Waals surface area contributed by atoms with Gasteiger partial charge in [-0.2, -0.15) is 0 Å². The summed E-state index contributed by atoms with van der Waals surface area (Å²) in [5.74, 6) is 0.0922. The van der Waals surface area contributed by atoms with E-state index in [9.17, 15) is 4.79 Å². The van der Waals surface area contributed by atoms with E-state index in [1.165, 1.54) is 11.3 Å². The molecule has 0 radical (unpaired) electrons. The van der Waals surface area contributed by atoms with Crippen molar-refractivity contribution in [3.63, 3.8) is 0 Å². The van der Waals surface area contributed by atoms with E-state index in [0.717, 1.165) is 28.6 Å². The van der Waals surface area contributed by atoms with E-state index in [2.05, 4.69) is 10.6 Å². The van der Waals surface area contributed by atoms with Crippen LogP contribution in [-0.4, -0.2) is 18.5 Å². The molecule has 0 spiro atoms. The van der Waals surface area contributed by atoms with Crippen LogP contribution in [0.1, 0.15) is 30.7 Å². The molecule has 2 heterocycles. The van der Waals surface area contributed by atoms with Crippen LogP contribution >= 0.6 is 22.9 Å². The Kier molecular flexibility index (Phi) is 3.84. The average molecular weight is 259 g/mol. The molecule has 1 aromatic heterocycles. The fraction of sp³-hybridized carbons (Fsp3) is 0.545. The van der Waals surface area contributed by atoms with Crippen LogP contribution < -0.4 is 10.6 Å². The Morgan fingerprint density at radius 2 is 2.50 bits per heavy atom. The standard InChI is InChI=1S/C11H15ClN2OS/c1-7(9-4-5-10(12)16-9)14-11(15)8-3-2-6-13-8/h4-5,7-8,13H,2-3,6H2,1H3,(H,14,15)/t7?,8-/m1/s1. The zero-order valence-electron chi connectivity index (χ0n) is 9.13. The third-order valence-corrected chi connectivity index (χ3v) is 4.17. The van der Waals surface area contributed by atoms with Gasteiger partial charge in [0, 0.05) is 4.88 Å². The van der Waals surface area contributed by atoms with Crippen molar-refractivity contribution in [1.82, 2.24) is 10.6 Å². The van der Waals surface area contributed by atoms with E-state index in [4.69, 9.17) is 11.6 Å². The number of amides is 1. The van der Waals surface area contributed by atoms with Crippen molar-refractivity contribution < 1.29 is 4.79 Å². The van der Waals surface area contributed by atoms with E-state index in [0.29, 0.717) is 0 Å². The normalized spacial score (nSPS) is 22.0. The van der Waals surface area contributed by atoms with E-state index in [1.807, 2.05) is 19.1 Å². The minimum absolute atomic E-state index is 0.0158. The summed E-state index contributed by atoms with van der Waals surface area (Å²) in [7, 11) is 0. The van der Waals surface area contributed by atoms with Gasteiger partial charge in [-0.05, 0) is 38.4 Å². The van der Waals surface area contributed by atoms with E-state index in [1.54, 1.807) is 0 Å². The lowest BCUT2D eigenvalue weighted by Crippen LogP contribution is -2.41. The molecule has 1 unspecified atom stereocenters. The molecule has 1 aliphatic heterocycles. The molecule has 2 rings (SSSR count). The van der Waals surface area contributed by atoms with Crippen LogP contribution in [0.15, 0.2) is 12.1 Å². The Bertz CT molecular complexity index is 374. The predicted molar refractivity (Wildman–Crippen MR) is 66.9 cm³/mol. The molecule has 0 aromatic carbocycles. The first-order valence-corrected chi connectivity index (χ1v) is 6.65. The third-order valence-electron chi connectivity index (χ3n) is 2.76. The molecule has 88 valence electrons. The smallest absolute Gasteiger partial charge is 0.237 e. The monoisotopic (exact) mass is 258 g/mol. The van der Waals surface area contributed by atoms with Crippen molar-refractivity contribution >= 4 is 28.8 Å². The van der Waals surface area contributed by atoms with Gasteiger partial charge in [-0.25, -0.2) is 0 Å². The minimum Gasteiger partial charge on any atom is -0.347 e. The van der Waals surface area contributed by atoms with Crippen molar-refractivity contribution in [3.05, 3.63) is 21.3 Å². The number of carbonyl (C=O) groups is 1. The van der Waals surface area contributed by atoms with Gasteiger partial charge in [0.1, 0.15) is 0 Å². The average Bonchev–Trinajstić information content (AvgIpc) is 2.87. The quantitative estimate of drug-likeness (QED) is 0.874. The third kappa shape index (κ3) is 2.75. The molecule has 1 saturated heterocycles. The van der Waals surface area contributed by atoms with Gasteiger partial charge in [-0.3, -0.25) is 4.79 Å². The molecule has 1 aliphatic rings. The molecule has 0 saturated carbocycles. The number of rotatable bonds is 3. The summed E-state index contributed by atoms with van der Waals surface area (Å²) in [6.45, 7) is 2.92. The van der Waals surface area contributed by atoms with Crippen molar-refractivity contribution in [2.24, 2.45) is 0 Å². The highest BCUT2D eigenvalue weighted by atomic mass is 35.5. The highest BCUT2D eigenvalue weighted by molar-refractivity contribution is 7.16. The molecule has 1 fully saturated rings. The second kappa shape index (κ2) is 5.17. The van der Waals surface area contributed by atoms with Gasteiger partial charge >= 0.3 is 0 Å². The second-order valence-electron chi connectivity index (χ2n) is 4.02. The molecule has 1 aromatic rings. The zero-order valence-corrected chi connectivity index (χ0v) is 10.7. The molecule has 2 atom stereocenters. The summed E-state index contributed by atoms with van der Waals surface area (Å²) in [6, 6.07) is 3.84. The summed E-state index contributed by atoms with van der Waals surface area (Å²) in [6.07, 6.45) is 2.01. The van der Waals surface area contributed by atoms with Gasteiger partial charge in [0.25, 0.3) is 0 Å². The Morgan fingerprint density at radius 1 is 1.69 bits per heavy atom. The van der Waals surface area contributed by atoms with Crippen LogP contribution in [0.2, 0.25) is 4.34 Å². The minimum atomic E-state index is -0.0158.